The molecule has 0 saturated carbocycles. The molecule has 0 bridgehead atoms. The molecule has 0 aromatic heterocycles. The van der Waals surface area contributed by atoms with Gasteiger partial charge in [0.1, 0.15) is 0 Å². The summed E-state index contributed by atoms with van der Waals surface area (Å²) in [7, 11) is -1.88. The second kappa shape index (κ2) is 7.29. The van der Waals surface area contributed by atoms with Crippen LogP contribution in [-0.4, -0.2) is 19.0 Å². The Morgan fingerprint density at radius 1 is 1.09 bits per heavy atom. The number of aliphatic hydroxyl groups is 1. The van der Waals surface area contributed by atoms with Crippen molar-refractivity contribution in [3.63, 3.8) is 0 Å². The smallest absolute Gasteiger partial charge is 0.192 e. The minimum absolute atomic E-state index is 0.0383. The predicted molar refractivity (Wildman–Crippen MR) is 97.6 cm³/mol. The predicted octanol–water partition coefficient (Wildman–Crippen LogP) is 5.69. The standard InChI is InChI=1S/C19H34O2Si/c1-8-14-19(5,20)15-17(16-12-10-9-11-13-16)21-22(6,7)18(2,3)4/h9-13,17,20H,8,14-15H2,1-7H3. The van der Waals surface area contributed by atoms with Gasteiger partial charge >= 0.3 is 0 Å². The van der Waals surface area contributed by atoms with Crippen LogP contribution in [0.2, 0.25) is 18.1 Å². The van der Waals surface area contributed by atoms with Crippen LogP contribution in [0.25, 0.3) is 0 Å². The fraction of sp³-hybridized carbons (Fsp3) is 0.684. The lowest BCUT2D eigenvalue weighted by atomic mass is 9.91. The summed E-state index contributed by atoms with van der Waals surface area (Å²) in [6.45, 7) is 15.4. The van der Waals surface area contributed by atoms with Crippen LogP contribution in [0, 0.1) is 0 Å². The van der Waals surface area contributed by atoms with Crippen molar-refractivity contribution in [1.82, 2.24) is 0 Å². The van der Waals surface area contributed by atoms with Crippen molar-refractivity contribution in [3.8, 4) is 0 Å². The molecule has 2 unspecified atom stereocenters. The molecule has 1 aromatic rings. The molecule has 0 aliphatic heterocycles. The van der Waals surface area contributed by atoms with Crippen LogP contribution >= 0.6 is 0 Å². The highest BCUT2D eigenvalue weighted by atomic mass is 28.4. The number of hydrogen-bond acceptors (Lipinski definition) is 2. The van der Waals surface area contributed by atoms with E-state index in [1.165, 1.54) is 5.56 Å². The second-order valence-electron chi connectivity index (χ2n) is 8.23. The van der Waals surface area contributed by atoms with E-state index in [1.807, 2.05) is 25.1 Å². The normalized spacial score (nSPS) is 17.1. The fourth-order valence-corrected chi connectivity index (χ4v) is 3.75. The van der Waals surface area contributed by atoms with Gasteiger partial charge in [-0.15, -0.1) is 0 Å². The van der Waals surface area contributed by atoms with Crippen molar-refractivity contribution in [2.75, 3.05) is 0 Å². The molecule has 2 nitrogen and oxygen atoms in total. The van der Waals surface area contributed by atoms with Gasteiger partial charge < -0.3 is 9.53 Å². The van der Waals surface area contributed by atoms with E-state index in [4.69, 9.17) is 4.43 Å². The quantitative estimate of drug-likeness (QED) is 0.653. The Balaban J connectivity index is 3.03. The maximum absolute atomic E-state index is 10.7. The van der Waals surface area contributed by atoms with Crippen molar-refractivity contribution >= 4 is 8.32 Å². The maximum Gasteiger partial charge on any atom is 0.192 e. The summed E-state index contributed by atoms with van der Waals surface area (Å²) in [4.78, 5) is 0. The largest absolute Gasteiger partial charge is 0.410 e. The zero-order chi connectivity index (χ0) is 17.0. The van der Waals surface area contributed by atoms with Gasteiger partial charge in [-0.3, -0.25) is 0 Å². The van der Waals surface area contributed by atoms with Crippen LogP contribution < -0.4 is 0 Å². The molecule has 1 N–H and O–H groups in total. The topological polar surface area (TPSA) is 29.5 Å². The number of rotatable bonds is 7. The Kier molecular flexibility index (Phi) is 6.43. The van der Waals surface area contributed by atoms with Gasteiger partial charge in [0.2, 0.25) is 0 Å². The molecule has 0 amide bonds. The molecule has 0 spiro atoms. The second-order valence-corrected chi connectivity index (χ2v) is 13.0. The summed E-state index contributed by atoms with van der Waals surface area (Å²) in [5, 5.41) is 10.8. The van der Waals surface area contributed by atoms with Crippen LogP contribution in [0.4, 0.5) is 0 Å². The van der Waals surface area contributed by atoms with E-state index in [2.05, 4.69) is 52.9 Å². The van der Waals surface area contributed by atoms with Crippen LogP contribution in [0.5, 0.6) is 0 Å². The highest BCUT2D eigenvalue weighted by molar-refractivity contribution is 6.74. The van der Waals surface area contributed by atoms with Gasteiger partial charge in [-0.2, -0.15) is 0 Å². The lowest BCUT2D eigenvalue weighted by Gasteiger charge is -2.41. The van der Waals surface area contributed by atoms with Crippen LogP contribution in [0.1, 0.15) is 65.5 Å². The summed E-state index contributed by atoms with van der Waals surface area (Å²) in [5.74, 6) is 0. The van der Waals surface area contributed by atoms with Crippen LogP contribution in [-0.2, 0) is 4.43 Å². The molecule has 22 heavy (non-hydrogen) atoms. The molecule has 0 saturated heterocycles. The third kappa shape index (κ3) is 5.53. The van der Waals surface area contributed by atoms with Crippen molar-refractivity contribution in [3.05, 3.63) is 35.9 Å². The Bertz CT molecular complexity index is 446. The molecule has 0 fully saturated rings. The zero-order valence-corrected chi connectivity index (χ0v) is 16.4. The average molecular weight is 323 g/mol. The van der Waals surface area contributed by atoms with Crippen molar-refractivity contribution in [2.24, 2.45) is 0 Å². The van der Waals surface area contributed by atoms with Gasteiger partial charge in [-0.05, 0) is 37.0 Å². The molecule has 0 aliphatic rings. The zero-order valence-electron chi connectivity index (χ0n) is 15.4. The molecule has 0 aliphatic carbocycles. The Labute approximate surface area is 138 Å². The highest BCUT2D eigenvalue weighted by Crippen LogP contribution is 2.42. The van der Waals surface area contributed by atoms with Gasteiger partial charge in [-0.25, -0.2) is 0 Å². The first-order valence-corrected chi connectivity index (χ1v) is 11.3. The van der Waals surface area contributed by atoms with Crippen molar-refractivity contribution in [2.45, 2.75) is 83.7 Å². The first-order valence-electron chi connectivity index (χ1n) is 8.44. The first kappa shape index (κ1) is 19.4. The molecule has 0 radical (unpaired) electrons. The molecule has 126 valence electrons. The summed E-state index contributed by atoms with van der Waals surface area (Å²) >= 11 is 0. The Hall–Kier alpha value is -0.643. The lowest BCUT2D eigenvalue weighted by molar-refractivity contribution is -0.000116. The van der Waals surface area contributed by atoms with E-state index >= 15 is 0 Å². The Morgan fingerprint density at radius 2 is 1.64 bits per heavy atom. The highest BCUT2D eigenvalue weighted by Gasteiger charge is 2.40. The SMILES string of the molecule is CCCC(C)(O)CC(O[Si](C)(C)C(C)(C)C)c1ccccc1. The average Bonchev–Trinajstić information content (AvgIpc) is 2.37. The third-order valence-corrected chi connectivity index (χ3v) is 9.31. The molecule has 0 heterocycles. The van der Waals surface area contributed by atoms with E-state index in [9.17, 15) is 5.11 Å². The molecule has 1 rings (SSSR count). The summed E-state index contributed by atoms with van der Waals surface area (Å²) in [6, 6.07) is 10.3. The molecule has 2 atom stereocenters. The molecule has 3 heteroatoms. The monoisotopic (exact) mass is 322 g/mol. The lowest BCUT2D eigenvalue weighted by Crippen LogP contribution is -2.43. The Morgan fingerprint density at radius 3 is 2.09 bits per heavy atom. The van der Waals surface area contributed by atoms with E-state index < -0.39 is 13.9 Å². The van der Waals surface area contributed by atoms with Gasteiger partial charge in [0.15, 0.2) is 8.32 Å². The van der Waals surface area contributed by atoms with Gasteiger partial charge in [0.25, 0.3) is 0 Å². The minimum Gasteiger partial charge on any atom is -0.410 e. The van der Waals surface area contributed by atoms with Crippen molar-refractivity contribution < 1.29 is 9.53 Å². The first-order chi connectivity index (χ1) is 9.98. The summed E-state index contributed by atoms with van der Waals surface area (Å²) in [5.41, 5.74) is 0.487. The van der Waals surface area contributed by atoms with Crippen molar-refractivity contribution in [1.29, 1.82) is 0 Å². The van der Waals surface area contributed by atoms with Crippen LogP contribution in [0.3, 0.4) is 0 Å². The van der Waals surface area contributed by atoms with Gasteiger partial charge in [-0.1, -0.05) is 64.4 Å². The maximum atomic E-state index is 10.7. The number of hydrogen-bond donors (Lipinski definition) is 1. The van der Waals surface area contributed by atoms with Gasteiger partial charge in [0, 0.05) is 6.42 Å². The van der Waals surface area contributed by atoms with E-state index in [1.54, 1.807) is 0 Å². The summed E-state index contributed by atoms with van der Waals surface area (Å²) in [6.07, 6.45) is 2.40. The minimum atomic E-state index is -1.88. The number of benzene rings is 1. The van der Waals surface area contributed by atoms with Crippen LogP contribution in [0.15, 0.2) is 30.3 Å². The van der Waals surface area contributed by atoms with E-state index in [0.717, 1.165) is 12.8 Å². The van der Waals surface area contributed by atoms with Gasteiger partial charge in [0.05, 0.1) is 11.7 Å². The molecular formula is C19H34O2Si. The van der Waals surface area contributed by atoms with E-state index in [-0.39, 0.29) is 11.1 Å². The fourth-order valence-electron chi connectivity index (χ4n) is 2.47. The molecule has 1 aromatic carbocycles. The third-order valence-electron chi connectivity index (χ3n) is 4.83. The molecular weight excluding hydrogens is 288 g/mol. The summed E-state index contributed by atoms with van der Waals surface area (Å²) < 4.78 is 6.65. The van der Waals surface area contributed by atoms with E-state index in [0.29, 0.717) is 6.42 Å².